The normalized spacial score (nSPS) is 11.9. The largest absolute Gasteiger partial charge is 0.449 e. The molecule has 0 spiro atoms. The Kier molecular flexibility index (Phi) is 7.23. The van der Waals surface area contributed by atoms with E-state index >= 15 is 0 Å². The average Bonchev–Trinajstić information content (AvgIpc) is 2.62. The third-order valence-corrected chi connectivity index (χ3v) is 3.86. The number of anilines is 2. The lowest BCUT2D eigenvalue weighted by molar-refractivity contribution is -0.123. The lowest BCUT2D eigenvalue weighted by Gasteiger charge is -2.19. The Balaban J connectivity index is 1.98. The van der Waals surface area contributed by atoms with Crippen LogP contribution < -0.4 is 10.6 Å². The van der Waals surface area contributed by atoms with E-state index in [0.29, 0.717) is 16.4 Å². The van der Waals surface area contributed by atoms with Gasteiger partial charge in [-0.3, -0.25) is 10.1 Å². The van der Waals surface area contributed by atoms with Crippen molar-refractivity contribution in [2.24, 2.45) is 0 Å². The maximum atomic E-state index is 12.4. The number of para-hydroxylation sites is 1. The van der Waals surface area contributed by atoms with Crippen molar-refractivity contribution in [1.82, 2.24) is 0 Å². The minimum Gasteiger partial charge on any atom is -0.449 e. The molecule has 8 heteroatoms. The Morgan fingerprint density at radius 1 is 1.00 bits per heavy atom. The third kappa shape index (κ3) is 7.12. The summed E-state index contributed by atoms with van der Waals surface area (Å²) in [6.45, 7) is 6.69. The Hall–Kier alpha value is -3.06. The first-order valence-electron chi connectivity index (χ1n) is 8.91. The van der Waals surface area contributed by atoms with Crippen molar-refractivity contribution in [2.75, 3.05) is 10.6 Å². The number of hydrogen-bond donors (Lipinski definition) is 2. The highest BCUT2D eigenvalue weighted by atomic mass is 35.5. The summed E-state index contributed by atoms with van der Waals surface area (Å²) in [5.74, 6) is -1.23. The fourth-order valence-electron chi connectivity index (χ4n) is 2.22. The van der Waals surface area contributed by atoms with Gasteiger partial charge in [0.15, 0.2) is 6.10 Å². The molecule has 0 aliphatic carbocycles. The van der Waals surface area contributed by atoms with Gasteiger partial charge in [-0.1, -0.05) is 29.8 Å². The van der Waals surface area contributed by atoms with Gasteiger partial charge in [0.25, 0.3) is 5.91 Å². The molecule has 2 aromatic rings. The van der Waals surface area contributed by atoms with E-state index in [4.69, 9.17) is 21.1 Å². The number of amides is 2. The molecule has 0 fully saturated rings. The molecule has 29 heavy (non-hydrogen) atoms. The molecule has 0 aromatic heterocycles. The quantitative estimate of drug-likeness (QED) is 0.675. The molecule has 2 amide bonds. The van der Waals surface area contributed by atoms with Crippen LogP contribution in [-0.2, 0) is 14.3 Å². The number of hydrogen-bond acceptors (Lipinski definition) is 5. The van der Waals surface area contributed by atoms with Gasteiger partial charge in [0, 0.05) is 5.69 Å². The first-order chi connectivity index (χ1) is 13.5. The van der Waals surface area contributed by atoms with E-state index in [9.17, 15) is 14.4 Å². The number of carbonyl (C=O) groups excluding carboxylic acids is 3. The van der Waals surface area contributed by atoms with Crippen LogP contribution in [0.15, 0.2) is 48.5 Å². The van der Waals surface area contributed by atoms with Crippen molar-refractivity contribution < 1.29 is 23.9 Å². The number of carbonyl (C=O) groups is 3. The minimum atomic E-state index is -1.05. The van der Waals surface area contributed by atoms with Crippen molar-refractivity contribution in [3.8, 4) is 0 Å². The second kappa shape index (κ2) is 9.43. The second-order valence-electron chi connectivity index (χ2n) is 7.22. The van der Waals surface area contributed by atoms with Gasteiger partial charge in [0.1, 0.15) is 5.60 Å². The van der Waals surface area contributed by atoms with Gasteiger partial charge in [0.05, 0.1) is 16.3 Å². The maximum absolute atomic E-state index is 12.4. The predicted octanol–water partition coefficient (Wildman–Crippen LogP) is 4.87. The van der Waals surface area contributed by atoms with E-state index < -0.39 is 29.7 Å². The van der Waals surface area contributed by atoms with Crippen LogP contribution in [0.4, 0.5) is 16.2 Å². The lowest BCUT2D eigenvalue weighted by atomic mass is 10.2. The number of rotatable bonds is 5. The summed E-state index contributed by atoms with van der Waals surface area (Å²) in [6.07, 6.45) is -1.70. The molecule has 0 aliphatic heterocycles. The van der Waals surface area contributed by atoms with Crippen molar-refractivity contribution in [1.29, 1.82) is 0 Å². The number of ether oxygens (including phenoxy) is 2. The summed E-state index contributed by atoms with van der Waals surface area (Å²) < 4.78 is 10.4. The van der Waals surface area contributed by atoms with E-state index in [0.717, 1.165) is 0 Å². The Labute approximate surface area is 174 Å². The van der Waals surface area contributed by atoms with Crippen molar-refractivity contribution in [2.45, 2.75) is 39.4 Å². The van der Waals surface area contributed by atoms with Crippen molar-refractivity contribution >= 4 is 40.9 Å². The number of halogens is 1. The second-order valence-corrected chi connectivity index (χ2v) is 7.63. The first kappa shape index (κ1) is 22.2. The molecule has 2 N–H and O–H groups in total. The Morgan fingerprint density at radius 3 is 2.34 bits per heavy atom. The highest BCUT2D eigenvalue weighted by Gasteiger charge is 2.21. The van der Waals surface area contributed by atoms with E-state index in [1.165, 1.54) is 19.1 Å². The molecule has 0 saturated heterocycles. The van der Waals surface area contributed by atoms with Crippen LogP contribution in [0.3, 0.4) is 0 Å². The van der Waals surface area contributed by atoms with Gasteiger partial charge in [0.2, 0.25) is 0 Å². The number of nitrogens with one attached hydrogen (secondary N) is 2. The molecular weight excluding hydrogens is 396 g/mol. The molecule has 2 rings (SSSR count). The van der Waals surface area contributed by atoms with Crippen molar-refractivity contribution in [3.63, 3.8) is 0 Å². The van der Waals surface area contributed by atoms with Gasteiger partial charge in [-0.2, -0.15) is 0 Å². The van der Waals surface area contributed by atoms with Crippen LogP contribution in [0.5, 0.6) is 0 Å². The van der Waals surface area contributed by atoms with Crippen molar-refractivity contribution in [3.05, 3.63) is 59.1 Å². The van der Waals surface area contributed by atoms with Crippen LogP contribution in [0.1, 0.15) is 38.1 Å². The zero-order valence-corrected chi connectivity index (χ0v) is 17.4. The fourth-order valence-corrected chi connectivity index (χ4v) is 2.41. The molecule has 0 unspecified atom stereocenters. The van der Waals surface area contributed by atoms with Crippen LogP contribution in [0, 0.1) is 0 Å². The first-order valence-corrected chi connectivity index (χ1v) is 9.29. The summed E-state index contributed by atoms with van der Waals surface area (Å²) >= 11 is 6.01. The standard InChI is InChI=1S/C21H23ClN2O5/c1-13(18(25)24-17-11-6-5-10-16(17)22)28-19(26)14-8-7-9-15(12-14)23-20(27)29-21(2,3)4/h5-13H,1-4H3,(H,23,27)(H,24,25)/t13-/m0/s1. The SMILES string of the molecule is C[C@H](OC(=O)c1cccc(NC(=O)OC(C)(C)C)c1)C(=O)Nc1ccccc1Cl. The molecule has 0 bridgehead atoms. The Bertz CT molecular complexity index is 908. The number of esters is 1. The van der Waals surface area contributed by atoms with Gasteiger partial charge < -0.3 is 14.8 Å². The van der Waals surface area contributed by atoms with Gasteiger partial charge in [-0.15, -0.1) is 0 Å². The van der Waals surface area contributed by atoms with E-state index in [1.54, 1.807) is 57.2 Å². The van der Waals surface area contributed by atoms with E-state index in [1.807, 2.05) is 0 Å². The van der Waals surface area contributed by atoms with E-state index in [2.05, 4.69) is 10.6 Å². The van der Waals surface area contributed by atoms with Gasteiger partial charge in [-0.05, 0) is 58.0 Å². The molecule has 0 saturated carbocycles. The third-order valence-electron chi connectivity index (χ3n) is 3.53. The average molecular weight is 419 g/mol. The molecule has 1 atom stereocenters. The molecule has 0 aliphatic rings. The fraction of sp³-hybridized carbons (Fsp3) is 0.286. The predicted molar refractivity (Wildman–Crippen MR) is 111 cm³/mol. The van der Waals surface area contributed by atoms with Crippen LogP contribution in [-0.4, -0.2) is 29.7 Å². The highest BCUT2D eigenvalue weighted by molar-refractivity contribution is 6.33. The van der Waals surface area contributed by atoms with Crippen LogP contribution in [0.25, 0.3) is 0 Å². The molecular formula is C21H23ClN2O5. The lowest BCUT2D eigenvalue weighted by Crippen LogP contribution is -2.30. The molecule has 2 aromatic carbocycles. The summed E-state index contributed by atoms with van der Waals surface area (Å²) in [5.41, 5.74) is 0.314. The topological polar surface area (TPSA) is 93.7 Å². The molecule has 0 heterocycles. The van der Waals surface area contributed by atoms with E-state index in [-0.39, 0.29) is 5.56 Å². The smallest absolute Gasteiger partial charge is 0.412 e. The maximum Gasteiger partial charge on any atom is 0.412 e. The summed E-state index contributed by atoms with van der Waals surface area (Å²) in [4.78, 5) is 36.5. The zero-order chi connectivity index (χ0) is 21.6. The minimum absolute atomic E-state index is 0.177. The zero-order valence-electron chi connectivity index (χ0n) is 16.6. The number of benzene rings is 2. The van der Waals surface area contributed by atoms with Gasteiger partial charge >= 0.3 is 12.1 Å². The van der Waals surface area contributed by atoms with Crippen LogP contribution >= 0.6 is 11.6 Å². The molecule has 0 radical (unpaired) electrons. The Morgan fingerprint density at radius 2 is 1.69 bits per heavy atom. The molecule has 7 nitrogen and oxygen atoms in total. The van der Waals surface area contributed by atoms with Crippen LogP contribution in [0.2, 0.25) is 5.02 Å². The summed E-state index contributed by atoms with van der Waals surface area (Å²) in [5, 5.41) is 5.53. The highest BCUT2D eigenvalue weighted by Crippen LogP contribution is 2.21. The van der Waals surface area contributed by atoms with Gasteiger partial charge in [-0.25, -0.2) is 9.59 Å². The molecule has 154 valence electrons. The summed E-state index contributed by atoms with van der Waals surface area (Å²) in [6, 6.07) is 12.9. The summed E-state index contributed by atoms with van der Waals surface area (Å²) in [7, 11) is 0. The monoisotopic (exact) mass is 418 g/mol.